The van der Waals surface area contributed by atoms with Crippen LogP contribution in [0.3, 0.4) is 0 Å². The molecular weight excluding hydrogens is 317 g/mol. The van der Waals surface area contributed by atoms with Crippen LogP contribution in [0.2, 0.25) is 0 Å². The molecule has 2 fully saturated rings. The Morgan fingerprint density at radius 3 is 2.58 bits per heavy atom. The van der Waals surface area contributed by atoms with E-state index in [0.717, 1.165) is 50.5 Å². The summed E-state index contributed by atoms with van der Waals surface area (Å²) >= 11 is 0. The number of nitrogens with two attached hydrogens (primary N) is 1. The average Bonchev–Trinajstić information content (AvgIpc) is 2.57. The highest BCUT2D eigenvalue weighted by Gasteiger charge is 2.32. The maximum atomic E-state index is 12.6. The van der Waals surface area contributed by atoms with Gasteiger partial charge in [-0.2, -0.15) is 13.2 Å². The van der Waals surface area contributed by atoms with Crippen molar-refractivity contribution in [1.29, 1.82) is 0 Å². The molecule has 0 amide bonds. The van der Waals surface area contributed by atoms with Crippen LogP contribution in [0.5, 0.6) is 0 Å². The van der Waals surface area contributed by atoms with Gasteiger partial charge in [0.05, 0.1) is 11.9 Å². The third-order valence-electron chi connectivity index (χ3n) is 5.09. The molecule has 134 valence electrons. The number of piperidine rings is 1. The fourth-order valence-corrected chi connectivity index (χ4v) is 3.76. The van der Waals surface area contributed by atoms with E-state index in [-0.39, 0.29) is 6.04 Å². The number of hydrogen-bond donors (Lipinski definition) is 2. The molecule has 3 N–H and O–H groups in total. The SMILES string of the molecule is NC1CCCCC1NC1CCCN(c2ccc(C(F)(F)F)nc2)C1. The van der Waals surface area contributed by atoms with Gasteiger partial charge in [0.1, 0.15) is 5.69 Å². The number of nitrogens with zero attached hydrogens (tertiary/aromatic N) is 2. The minimum Gasteiger partial charge on any atom is -0.369 e. The van der Waals surface area contributed by atoms with Crippen molar-refractivity contribution in [3.05, 3.63) is 24.0 Å². The van der Waals surface area contributed by atoms with Crippen LogP contribution in [0.25, 0.3) is 0 Å². The summed E-state index contributed by atoms with van der Waals surface area (Å²) in [6.45, 7) is 1.64. The lowest BCUT2D eigenvalue weighted by Crippen LogP contribution is -2.55. The predicted octanol–water partition coefficient (Wildman–Crippen LogP) is 2.93. The number of anilines is 1. The second-order valence-corrected chi connectivity index (χ2v) is 6.91. The molecule has 24 heavy (non-hydrogen) atoms. The lowest BCUT2D eigenvalue weighted by Gasteiger charge is -2.39. The second kappa shape index (κ2) is 7.27. The van der Waals surface area contributed by atoms with E-state index in [9.17, 15) is 13.2 Å². The van der Waals surface area contributed by atoms with Gasteiger partial charge in [-0.3, -0.25) is 0 Å². The minimum absolute atomic E-state index is 0.210. The van der Waals surface area contributed by atoms with E-state index in [2.05, 4.69) is 15.2 Å². The van der Waals surface area contributed by atoms with Crippen LogP contribution < -0.4 is 16.0 Å². The quantitative estimate of drug-likeness (QED) is 0.887. The number of halogens is 3. The molecule has 1 aromatic heterocycles. The first-order chi connectivity index (χ1) is 11.4. The summed E-state index contributed by atoms with van der Waals surface area (Å²) in [6.07, 6.45) is 3.63. The van der Waals surface area contributed by atoms with Crippen molar-refractivity contribution in [2.24, 2.45) is 5.73 Å². The van der Waals surface area contributed by atoms with Crippen molar-refractivity contribution in [3.8, 4) is 0 Å². The maximum absolute atomic E-state index is 12.6. The molecule has 3 rings (SSSR count). The molecule has 3 atom stereocenters. The van der Waals surface area contributed by atoms with Gasteiger partial charge in [-0.25, -0.2) is 4.98 Å². The lowest BCUT2D eigenvalue weighted by atomic mass is 9.90. The monoisotopic (exact) mass is 342 g/mol. The first kappa shape index (κ1) is 17.5. The van der Waals surface area contributed by atoms with E-state index >= 15 is 0 Å². The Labute approximate surface area is 140 Å². The van der Waals surface area contributed by atoms with Gasteiger partial charge < -0.3 is 16.0 Å². The standard InChI is InChI=1S/C17H25F3N4/c18-17(19,20)16-8-7-13(10-22-16)24-9-3-4-12(11-24)23-15-6-2-1-5-14(15)21/h7-8,10,12,14-15,23H,1-6,9,11,21H2. The Morgan fingerprint density at radius 2 is 1.92 bits per heavy atom. The van der Waals surface area contributed by atoms with Crippen LogP contribution in [-0.2, 0) is 6.18 Å². The van der Waals surface area contributed by atoms with Crippen molar-refractivity contribution in [2.45, 2.75) is 62.8 Å². The Hall–Kier alpha value is -1.34. The molecule has 7 heteroatoms. The maximum Gasteiger partial charge on any atom is 0.433 e. The molecule has 1 saturated heterocycles. The Kier molecular flexibility index (Phi) is 5.30. The average molecular weight is 342 g/mol. The van der Waals surface area contributed by atoms with E-state index in [1.807, 2.05) is 0 Å². The van der Waals surface area contributed by atoms with Gasteiger partial charge in [0.2, 0.25) is 0 Å². The summed E-state index contributed by atoms with van der Waals surface area (Å²) in [5.41, 5.74) is 6.12. The molecule has 1 aromatic rings. The zero-order chi connectivity index (χ0) is 17.2. The van der Waals surface area contributed by atoms with Gasteiger partial charge in [-0.15, -0.1) is 0 Å². The molecule has 3 unspecified atom stereocenters. The summed E-state index contributed by atoms with van der Waals surface area (Å²) in [5.74, 6) is 0. The molecular formula is C17H25F3N4. The highest BCUT2D eigenvalue weighted by atomic mass is 19.4. The minimum atomic E-state index is -4.39. The summed E-state index contributed by atoms with van der Waals surface area (Å²) in [6, 6.07) is 3.47. The lowest BCUT2D eigenvalue weighted by molar-refractivity contribution is -0.141. The van der Waals surface area contributed by atoms with Crippen molar-refractivity contribution >= 4 is 5.69 Å². The van der Waals surface area contributed by atoms with Crippen LogP contribution in [0.15, 0.2) is 18.3 Å². The van der Waals surface area contributed by atoms with Crippen LogP contribution in [0, 0.1) is 0 Å². The highest BCUT2D eigenvalue weighted by Crippen LogP contribution is 2.29. The number of rotatable bonds is 3. The number of nitrogens with one attached hydrogen (secondary N) is 1. The summed E-state index contributed by atoms with van der Waals surface area (Å²) in [5, 5.41) is 3.68. The zero-order valence-electron chi connectivity index (χ0n) is 13.7. The molecule has 4 nitrogen and oxygen atoms in total. The van der Waals surface area contributed by atoms with E-state index in [0.29, 0.717) is 12.1 Å². The van der Waals surface area contributed by atoms with Gasteiger partial charge in [0, 0.05) is 31.2 Å². The Bertz CT molecular complexity index is 532. The molecule has 1 saturated carbocycles. The normalized spacial score (nSPS) is 28.8. The molecule has 1 aliphatic carbocycles. The molecule has 1 aliphatic heterocycles. The molecule has 2 aliphatic rings. The highest BCUT2D eigenvalue weighted by molar-refractivity contribution is 5.45. The second-order valence-electron chi connectivity index (χ2n) is 6.91. The molecule has 0 aromatic carbocycles. The Morgan fingerprint density at radius 1 is 1.12 bits per heavy atom. The predicted molar refractivity (Wildman–Crippen MR) is 87.8 cm³/mol. The smallest absolute Gasteiger partial charge is 0.369 e. The van der Waals surface area contributed by atoms with Gasteiger partial charge in [-0.05, 0) is 37.8 Å². The first-order valence-electron chi connectivity index (χ1n) is 8.73. The zero-order valence-corrected chi connectivity index (χ0v) is 13.7. The van der Waals surface area contributed by atoms with Gasteiger partial charge in [0.25, 0.3) is 0 Å². The number of hydrogen-bond acceptors (Lipinski definition) is 4. The van der Waals surface area contributed by atoms with Crippen LogP contribution >= 0.6 is 0 Å². The van der Waals surface area contributed by atoms with Crippen molar-refractivity contribution in [2.75, 3.05) is 18.0 Å². The summed E-state index contributed by atoms with van der Waals surface area (Å²) in [7, 11) is 0. The third kappa shape index (κ3) is 4.19. The van der Waals surface area contributed by atoms with E-state index in [1.54, 1.807) is 0 Å². The summed E-state index contributed by atoms with van der Waals surface area (Å²) < 4.78 is 37.9. The fourth-order valence-electron chi connectivity index (χ4n) is 3.76. The fraction of sp³-hybridized carbons (Fsp3) is 0.706. The van der Waals surface area contributed by atoms with Gasteiger partial charge >= 0.3 is 6.18 Å². The van der Waals surface area contributed by atoms with Crippen molar-refractivity contribution < 1.29 is 13.2 Å². The summed E-state index contributed by atoms with van der Waals surface area (Å²) in [4.78, 5) is 5.68. The molecule has 0 spiro atoms. The largest absolute Gasteiger partial charge is 0.433 e. The van der Waals surface area contributed by atoms with Crippen LogP contribution in [0.1, 0.15) is 44.2 Å². The Balaban J connectivity index is 1.60. The number of alkyl halides is 3. The van der Waals surface area contributed by atoms with Crippen LogP contribution in [0.4, 0.5) is 18.9 Å². The first-order valence-corrected chi connectivity index (χ1v) is 8.73. The van der Waals surface area contributed by atoms with Gasteiger partial charge in [0.15, 0.2) is 0 Å². The van der Waals surface area contributed by atoms with Gasteiger partial charge in [-0.1, -0.05) is 12.8 Å². The number of pyridine rings is 1. The third-order valence-corrected chi connectivity index (χ3v) is 5.09. The molecule has 0 bridgehead atoms. The van der Waals surface area contributed by atoms with Crippen molar-refractivity contribution in [3.63, 3.8) is 0 Å². The van der Waals surface area contributed by atoms with E-state index < -0.39 is 11.9 Å². The van der Waals surface area contributed by atoms with Crippen LogP contribution in [-0.4, -0.2) is 36.2 Å². The number of aromatic nitrogens is 1. The molecule has 0 radical (unpaired) electrons. The molecule has 2 heterocycles. The van der Waals surface area contributed by atoms with E-state index in [1.165, 1.54) is 25.1 Å². The van der Waals surface area contributed by atoms with Crippen molar-refractivity contribution in [1.82, 2.24) is 10.3 Å². The topological polar surface area (TPSA) is 54.2 Å². The van der Waals surface area contributed by atoms with E-state index in [4.69, 9.17) is 5.73 Å².